The lowest BCUT2D eigenvalue weighted by Crippen LogP contribution is -2.46. The molecule has 0 N–H and O–H groups in total. The number of anilines is 2. The van der Waals surface area contributed by atoms with Crippen molar-refractivity contribution in [3.63, 3.8) is 0 Å². The summed E-state index contributed by atoms with van der Waals surface area (Å²) >= 11 is 0. The van der Waals surface area contributed by atoms with Crippen molar-refractivity contribution in [2.24, 2.45) is 0 Å². The molecule has 2 atom stereocenters. The fourth-order valence-electron chi connectivity index (χ4n) is 4.69. The molecule has 2 aliphatic rings. The van der Waals surface area contributed by atoms with Gasteiger partial charge in [0, 0.05) is 18.7 Å². The van der Waals surface area contributed by atoms with Crippen LogP contribution >= 0.6 is 0 Å². The number of fused-ring (bicyclic) bond motifs is 1. The Hall–Kier alpha value is -3.48. The number of hydrogen-bond donors (Lipinski definition) is 0. The molecule has 2 fully saturated rings. The van der Waals surface area contributed by atoms with Crippen molar-refractivity contribution in [3.05, 3.63) is 35.9 Å². The van der Waals surface area contributed by atoms with Gasteiger partial charge in [0.25, 0.3) is 0 Å². The van der Waals surface area contributed by atoms with Crippen LogP contribution < -0.4 is 14.5 Å². The van der Waals surface area contributed by atoms with Crippen molar-refractivity contribution in [3.8, 4) is 23.1 Å². The van der Waals surface area contributed by atoms with E-state index in [4.69, 9.17) is 29.2 Å². The van der Waals surface area contributed by atoms with Gasteiger partial charge in [0.05, 0.1) is 61.3 Å². The molecule has 2 aliphatic heterocycles. The van der Waals surface area contributed by atoms with Crippen molar-refractivity contribution in [2.45, 2.75) is 45.9 Å². The number of morpholine rings is 2. The minimum Gasteiger partial charge on any atom is -0.490 e. The lowest BCUT2D eigenvalue weighted by atomic mass is 10.1. The number of nitrogens with zero attached hydrogens (tertiary/aromatic N) is 6. The summed E-state index contributed by atoms with van der Waals surface area (Å²) in [5, 5.41) is 10.6. The topological polar surface area (TPSA) is 96.6 Å². The molecule has 0 amide bonds. The highest BCUT2D eigenvalue weighted by molar-refractivity contribution is 5.90. The fraction of sp³-hybridized carbons (Fsp3) is 0.481. The standard InChI is InChI=1S/C27H32N6O3/c1-17(2)36-24-8-5-20(13-21(24)14-28)23-7-6-22-25(29-23)30-27(33-10-12-35-16-19(33)4)31-26(22)32-9-11-34-15-18(32)3/h5-8,13,17-19H,9-12,15-16H2,1-4H3/t18-,19-/m0/s1. The first kappa shape index (κ1) is 24.2. The molecule has 36 heavy (non-hydrogen) atoms. The van der Waals surface area contributed by atoms with Crippen LogP contribution in [0.25, 0.3) is 22.3 Å². The van der Waals surface area contributed by atoms with Gasteiger partial charge in [-0.15, -0.1) is 0 Å². The van der Waals surface area contributed by atoms with E-state index in [9.17, 15) is 5.26 Å². The Morgan fingerprint density at radius 1 is 0.972 bits per heavy atom. The second-order valence-corrected chi connectivity index (χ2v) is 9.64. The van der Waals surface area contributed by atoms with Gasteiger partial charge in [-0.1, -0.05) is 0 Å². The van der Waals surface area contributed by atoms with Crippen LogP contribution in [-0.4, -0.2) is 72.7 Å². The molecule has 0 aliphatic carbocycles. The van der Waals surface area contributed by atoms with Gasteiger partial charge in [-0.05, 0) is 58.0 Å². The van der Waals surface area contributed by atoms with Crippen LogP contribution in [0.3, 0.4) is 0 Å². The summed E-state index contributed by atoms with van der Waals surface area (Å²) in [5.41, 5.74) is 2.70. The average Bonchev–Trinajstić information content (AvgIpc) is 2.88. The van der Waals surface area contributed by atoms with E-state index in [1.165, 1.54) is 0 Å². The second kappa shape index (κ2) is 10.2. The molecule has 4 heterocycles. The van der Waals surface area contributed by atoms with Gasteiger partial charge in [0.15, 0.2) is 5.65 Å². The van der Waals surface area contributed by atoms with Crippen molar-refractivity contribution < 1.29 is 14.2 Å². The Bertz CT molecular complexity index is 1290. The predicted molar refractivity (Wildman–Crippen MR) is 139 cm³/mol. The zero-order valence-corrected chi connectivity index (χ0v) is 21.3. The monoisotopic (exact) mass is 488 g/mol. The van der Waals surface area contributed by atoms with E-state index in [1.54, 1.807) is 0 Å². The van der Waals surface area contributed by atoms with Crippen LogP contribution in [0.15, 0.2) is 30.3 Å². The van der Waals surface area contributed by atoms with Crippen LogP contribution in [0.1, 0.15) is 33.3 Å². The summed E-state index contributed by atoms with van der Waals surface area (Å²) in [4.78, 5) is 19.4. The van der Waals surface area contributed by atoms with E-state index >= 15 is 0 Å². The number of aromatic nitrogens is 3. The fourth-order valence-corrected chi connectivity index (χ4v) is 4.69. The summed E-state index contributed by atoms with van der Waals surface area (Å²) < 4.78 is 17.1. The van der Waals surface area contributed by atoms with Gasteiger partial charge in [0.2, 0.25) is 5.95 Å². The van der Waals surface area contributed by atoms with Crippen molar-refractivity contribution in [1.29, 1.82) is 5.26 Å². The van der Waals surface area contributed by atoms with Crippen LogP contribution in [0.2, 0.25) is 0 Å². The summed E-state index contributed by atoms with van der Waals surface area (Å²) in [7, 11) is 0. The molecule has 9 nitrogen and oxygen atoms in total. The molecular weight excluding hydrogens is 456 g/mol. The van der Waals surface area contributed by atoms with E-state index in [-0.39, 0.29) is 18.2 Å². The predicted octanol–water partition coefficient (Wildman–Crippen LogP) is 3.80. The normalized spacial score (nSPS) is 20.6. The smallest absolute Gasteiger partial charge is 0.229 e. The molecule has 188 valence electrons. The largest absolute Gasteiger partial charge is 0.490 e. The number of nitriles is 1. The zero-order chi connectivity index (χ0) is 25.2. The molecule has 5 rings (SSSR count). The molecule has 0 radical (unpaired) electrons. The Balaban J connectivity index is 1.61. The Morgan fingerprint density at radius 2 is 1.69 bits per heavy atom. The first-order valence-electron chi connectivity index (χ1n) is 12.5. The van der Waals surface area contributed by atoms with Gasteiger partial charge >= 0.3 is 0 Å². The number of rotatable bonds is 5. The minimum atomic E-state index is -0.0135. The molecule has 0 saturated carbocycles. The minimum absolute atomic E-state index is 0.0135. The maximum Gasteiger partial charge on any atom is 0.229 e. The molecule has 1 aromatic carbocycles. The first-order valence-corrected chi connectivity index (χ1v) is 12.5. The van der Waals surface area contributed by atoms with Crippen LogP contribution in [0.5, 0.6) is 5.75 Å². The molecule has 0 bridgehead atoms. The summed E-state index contributed by atoms with van der Waals surface area (Å²) in [6.45, 7) is 12.2. The summed E-state index contributed by atoms with van der Waals surface area (Å²) in [5.74, 6) is 2.11. The third-order valence-corrected chi connectivity index (χ3v) is 6.55. The van der Waals surface area contributed by atoms with Crippen LogP contribution in [0, 0.1) is 11.3 Å². The molecule has 0 spiro atoms. The average molecular weight is 489 g/mol. The highest BCUT2D eigenvalue weighted by Gasteiger charge is 2.27. The van der Waals surface area contributed by atoms with Crippen LogP contribution in [0.4, 0.5) is 11.8 Å². The van der Waals surface area contributed by atoms with Crippen molar-refractivity contribution >= 4 is 22.8 Å². The maximum atomic E-state index is 9.68. The third kappa shape index (κ3) is 4.79. The maximum absolute atomic E-state index is 9.68. The molecular formula is C27H32N6O3. The number of ether oxygens (including phenoxy) is 3. The Labute approximate surface area is 211 Å². The first-order chi connectivity index (χ1) is 17.4. The summed E-state index contributed by atoms with van der Waals surface area (Å²) in [6, 6.07) is 12.2. The number of pyridine rings is 1. The van der Waals surface area contributed by atoms with Gasteiger partial charge in [-0.3, -0.25) is 0 Å². The van der Waals surface area contributed by atoms with E-state index in [2.05, 4.69) is 29.7 Å². The highest BCUT2D eigenvalue weighted by atomic mass is 16.5. The highest BCUT2D eigenvalue weighted by Crippen LogP contribution is 2.32. The van der Waals surface area contributed by atoms with E-state index in [0.717, 1.165) is 35.6 Å². The summed E-state index contributed by atoms with van der Waals surface area (Å²) in [6.07, 6.45) is -0.0135. The van der Waals surface area contributed by atoms with Crippen LogP contribution in [-0.2, 0) is 9.47 Å². The van der Waals surface area contributed by atoms with Crippen molar-refractivity contribution in [2.75, 3.05) is 49.3 Å². The SMILES string of the molecule is CC(C)Oc1ccc(-c2ccc3c(N4CCOC[C@@H]4C)nc(N4CCOC[C@@H]4C)nc3n2)cc1C#N. The van der Waals surface area contributed by atoms with Gasteiger partial charge in [-0.25, -0.2) is 4.98 Å². The molecule has 3 aromatic rings. The Kier molecular flexibility index (Phi) is 6.90. The third-order valence-electron chi connectivity index (χ3n) is 6.55. The quantitative estimate of drug-likeness (QED) is 0.531. The molecule has 2 saturated heterocycles. The lowest BCUT2D eigenvalue weighted by Gasteiger charge is -2.37. The van der Waals surface area contributed by atoms with Gasteiger partial charge in [0.1, 0.15) is 17.6 Å². The van der Waals surface area contributed by atoms with Gasteiger partial charge < -0.3 is 24.0 Å². The molecule has 0 unspecified atom stereocenters. The van der Waals surface area contributed by atoms with E-state index < -0.39 is 0 Å². The lowest BCUT2D eigenvalue weighted by molar-refractivity contribution is 0.0973. The second-order valence-electron chi connectivity index (χ2n) is 9.64. The zero-order valence-electron chi connectivity index (χ0n) is 21.3. The van der Waals surface area contributed by atoms with E-state index in [1.807, 2.05) is 44.2 Å². The molecule has 9 heteroatoms. The van der Waals surface area contributed by atoms with E-state index in [0.29, 0.717) is 49.3 Å². The number of hydrogen-bond acceptors (Lipinski definition) is 9. The Morgan fingerprint density at radius 3 is 2.36 bits per heavy atom. The molecule has 2 aromatic heterocycles. The van der Waals surface area contributed by atoms with Crippen molar-refractivity contribution in [1.82, 2.24) is 15.0 Å². The van der Waals surface area contributed by atoms with Gasteiger partial charge in [-0.2, -0.15) is 15.2 Å². The number of benzene rings is 1.